The van der Waals surface area contributed by atoms with E-state index in [2.05, 4.69) is 5.32 Å². The van der Waals surface area contributed by atoms with Crippen molar-refractivity contribution in [2.24, 2.45) is 0 Å². The maximum atomic E-state index is 11.3. The summed E-state index contributed by atoms with van der Waals surface area (Å²) < 4.78 is 4.84. The van der Waals surface area contributed by atoms with Gasteiger partial charge in [0, 0.05) is 12.1 Å². The maximum Gasteiger partial charge on any atom is 0.307 e. The first-order valence-electron chi connectivity index (χ1n) is 6.11. The second-order valence-corrected chi connectivity index (χ2v) is 4.33. The van der Waals surface area contributed by atoms with E-state index in [0.29, 0.717) is 12.3 Å². The lowest BCUT2D eigenvalue weighted by molar-refractivity contribution is -0.384. The molecule has 0 aliphatic carbocycles. The van der Waals surface area contributed by atoms with Gasteiger partial charge < -0.3 is 10.1 Å². The summed E-state index contributed by atoms with van der Waals surface area (Å²) in [6.07, 6.45) is 0.166. The second kappa shape index (κ2) is 6.72. The monoisotopic (exact) mass is 266 g/mol. The number of rotatable bonds is 6. The molecule has 1 N–H and O–H groups in total. The Hall–Kier alpha value is -2.11. The first-order valence-corrected chi connectivity index (χ1v) is 6.11. The first-order chi connectivity index (χ1) is 8.93. The van der Waals surface area contributed by atoms with E-state index in [-0.39, 0.29) is 24.1 Å². The van der Waals surface area contributed by atoms with Crippen molar-refractivity contribution >= 4 is 17.3 Å². The number of hydrogen-bond donors (Lipinski definition) is 1. The van der Waals surface area contributed by atoms with E-state index in [1.54, 1.807) is 26.0 Å². The van der Waals surface area contributed by atoms with Crippen LogP contribution in [0.5, 0.6) is 0 Å². The van der Waals surface area contributed by atoms with Gasteiger partial charge in [0.05, 0.1) is 18.0 Å². The number of nitro groups is 1. The van der Waals surface area contributed by atoms with Gasteiger partial charge in [0.2, 0.25) is 0 Å². The van der Waals surface area contributed by atoms with Crippen molar-refractivity contribution in [3.05, 3.63) is 33.9 Å². The molecule has 1 aromatic rings. The smallest absolute Gasteiger partial charge is 0.307 e. The average molecular weight is 266 g/mol. The molecule has 0 aliphatic rings. The lowest BCUT2D eigenvalue weighted by Crippen LogP contribution is -2.21. The SMILES string of the molecule is CCOC(=O)CC(C)Nc1cc(C)ccc1[N+](=O)[O-]. The molecule has 0 aliphatic heterocycles. The summed E-state index contributed by atoms with van der Waals surface area (Å²) in [5, 5.41) is 13.9. The Morgan fingerprint density at radius 3 is 2.79 bits per heavy atom. The van der Waals surface area contributed by atoms with E-state index >= 15 is 0 Å². The number of nitro benzene ring substituents is 1. The fourth-order valence-corrected chi connectivity index (χ4v) is 1.71. The van der Waals surface area contributed by atoms with Crippen molar-refractivity contribution in [2.45, 2.75) is 33.2 Å². The molecule has 0 fully saturated rings. The highest BCUT2D eigenvalue weighted by atomic mass is 16.6. The van der Waals surface area contributed by atoms with Crippen LogP contribution in [0.25, 0.3) is 0 Å². The highest BCUT2D eigenvalue weighted by molar-refractivity contribution is 5.71. The Bertz CT molecular complexity index is 474. The molecule has 0 aromatic heterocycles. The number of ether oxygens (including phenoxy) is 1. The number of esters is 1. The molecule has 104 valence electrons. The van der Waals surface area contributed by atoms with Gasteiger partial charge in [-0.15, -0.1) is 0 Å². The highest BCUT2D eigenvalue weighted by Crippen LogP contribution is 2.26. The molecule has 1 aromatic carbocycles. The predicted octanol–water partition coefficient (Wildman–Crippen LogP) is 2.66. The molecule has 19 heavy (non-hydrogen) atoms. The zero-order chi connectivity index (χ0) is 14.4. The maximum absolute atomic E-state index is 11.3. The van der Waals surface area contributed by atoms with Gasteiger partial charge in [-0.25, -0.2) is 0 Å². The summed E-state index contributed by atoms with van der Waals surface area (Å²) in [6.45, 7) is 5.70. The zero-order valence-electron chi connectivity index (χ0n) is 11.3. The summed E-state index contributed by atoms with van der Waals surface area (Å²) >= 11 is 0. The lowest BCUT2D eigenvalue weighted by Gasteiger charge is -2.14. The van der Waals surface area contributed by atoms with Gasteiger partial charge in [-0.2, -0.15) is 0 Å². The van der Waals surface area contributed by atoms with Gasteiger partial charge in [0.15, 0.2) is 0 Å². The van der Waals surface area contributed by atoms with Gasteiger partial charge in [0.25, 0.3) is 5.69 Å². The van der Waals surface area contributed by atoms with Crippen LogP contribution in [-0.2, 0) is 9.53 Å². The van der Waals surface area contributed by atoms with Crippen LogP contribution in [0.4, 0.5) is 11.4 Å². The third-order valence-electron chi connectivity index (χ3n) is 2.53. The Morgan fingerprint density at radius 1 is 1.53 bits per heavy atom. The van der Waals surface area contributed by atoms with Gasteiger partial charge in [-0.05, 0) is 32.4 Å². The summed E-state index contributed by atoms with van der Waals surface area (Å²) in [5.74, 6) is -0.321. The van der Waals surface area contributed by atoms with Crippen LogP contribution in [-0.4, -0.2) is 23.5 Å². The lowest BCUT2D eigenvalue weighted by atomic mass is 10.1. The number of benzene rings is 1. The van der Waals surface area contributed by atoms with Crippen LogP contribution >= 0.6 is 0 Å². The van der Waals surface area contributed by atoms with Crippen LogP contribution in [0.3, 0.4) is 0 Å². The van der Waals surface area contributed by atoms with Crippen LogP contribution < -0.4 is 5.32 Å². The Balaban J connectivity index is 2.78. The van der Waals surface area contributed by atoms with Crippen LogP contribution in [0.1, 0.15) is 25.8 Å². The molecule has 1 atom stereocenters. The number of anilines is 1. The van der Waals surface area contributed by atoms with Crippen LogP contribution in [0.2, 0.25) is 0 Å². The Labute approximate surface area is 111 Å². The normalized spacial score (nSPS) is 11.7. The van der Waals surface area contributed by atoms with Crippen molar-refractivity contribution in [3.8, 4) is 0 Å². The molecule has 1 unspecified atom stereocenters. The minimum absolute atomic E-state index is 0.00121. The van der Waals surface area contributed by atoms with Gasteiger partial charge in [0.1, 0.15) is 5.69 Å². The Morgan fingerprint density at radius 2 is 2.21 bits per heavy atom. The van der Waals surface area contributed by atoms with E-state index in [1.165, 1.54) is 6.07 Å². The standard InChI is InChI=1S/C13H18N2O4/c1-4-19-13(16)8-10(3)14-11-7-9(2)5-6-12(11)15(17)18/h5-7,10,14H,4,8H2,1-3H3. The summed E-state index contributed by atoms with van der Waals surface area (Å²) in [7, 11) is 0. The summed E-state index contributed by atoms with van der Waals surface area (Å²) in [6, 6.07) is 4.59. The quantitative estimate of drug-likeness (QED) is 0.486. The van der Waals surface area contributed by atoms with Crippen molar-refractivity contribution in [1.29, 1.82) is 0 Å². The van der Waals surface area contributed by atoms with E-state index in [0.717, 1.165) is 5.56 Å². The number of carbonyl (C=O) groups excluding carboxylic acids is 1. The van der Waals surface area contributed by atoms with Gasteiger partial charge in [-0.3, -0.25) is 14.9 Å². The van der Waals surface area contributed by atoms with Crippen molar-refractivity contribution < 1.29 is 14.5 Å². The summed E-state index contributed by atoms with van der Waals surface area (Å²) in [4.78, 5) is 21.8. The topological polar surface area (TPSA) is 81.5 Å². The molecular weight excluding hydrogens is 248 g/mol. The van der Waals surface area contributed by atoms with Gasteiger partial charge in [-0.1, -0.05) is 6.07 Å². The minimum atomic E-state index is -0.446. The largest absolute Gasteiger partial charge is 0.466 e. The van der Waals surface area contributed by atoms with Crippen LogP contribution in [0, 0.1) is 17.0 Å². The number of aryl methyl sites for hydroxylation is 1. The van der Waals surface area contributed by atoms with Crippen molar-refractivity contribution in [2.75, 3.05) is 11.9 Å². The number of hydrogen-bond acceptors (Lipinski definition) is 5. The molecule has 6 heteroatoms. The van der Waals surface area contributed by atoms with E-state index in [1.807, 2.05) is 6.92 Å². The molecule has 0 radical (unpaired) electrons. The molecule has 0 spiro atoms. The fraction of sp³-hybridized carbons (Fsp3) is 0.462. The number of nitrogens with one attached hydrogen (secondary N) is 1. The number of carbonyl (C=O) groups is 1. The van der Waals surface area contributed by atoms with E-state index in [4.69, 9.17) is 4.74 Å². The molecular formula is C13H18N2O4. The molecule has 0 saturated carbocycles. The zero-order valence-corrected chi connectivity index (χ0v) is 11.3. The third-order valence-corrected chi connectivity index (χ3v) is 2.53. The molecule has 1 rings (SSSR count). The van der Waals surface area contributed by atoms with Crippen molar-refractivity contribution in [1.82, 2.24) is 0 Å². The highest BCUT2D eigenvalue weighted by Gasteiger charge is 2.17. The van der Waals surface area contributed by atoms with E-state index in [9.17, 15) is 14.9 Å². The average Bonchev–Trinajstić information content (AvgIpc) is 2.28. The van der Waals surface area contributed by atoms with Crippen LogP contribution in [0.15, 0.2) is 18.2 Å². The molecule has 6 nitrogen and oxygen atoms in total. The minimum Gasteiger partial charge on any atom is -0.466 e. The fourth-order valence-electron chi connectivity index (χ4n) is 1.71. The third kappa shape index (κ3) is 4.57. The first kappa shape index (κ1) is 14.9. The molecule has 0 saturated heterocycles. The predicted molar refractivity (Wildman–Crippen MR) is 72.2 cm³/mol. The molecule has 0 bridgehead atoms. The Kier molecular flexibility index (Phi) is 5.29. The summed E-state index contributed by atoms with van der Waals surface area (Å²) in [5.41, 5.74) is 1.33. The van der Waals surface area contributed by atoms with Crippen molar-refractivity contribution in [3.63, 3.8) is 0 Å². The van der Waals surface area contributed by atoms with Gasteiger partial charge >= 0.3 is 5.97 Å². The molecule has 0 amide bonds. The molecule has 0 heterocycles. The second-order valence-electron chi connectivity index (χ2n) is 4.33. The van der Waals surface area contributed by atoms with E-state index < -0.39 is 4.92 Å². The number of nitrogens with zero attached hydrogens (tertiary/aromatic N) is 1.